The number of halogens is 1. The van der Waals surface area contributed by atoms with Gasteiger partial charge < -0.3 is 9.94 Å². The van der Waals surface area contributed by atoms with Crippen LogP contribution in [0.3, 0.4) is 0 Å². The van der Waals surface area contributed by atoms with E-state index >= 15 is 0 Å². The van der Waals surface area contributed by atoms with E-state index in [9.17, 15) is 0 Å². The Labute approximate surface area is 88.0 Å². The third kappa shape index (κ3) is 2.92. The highest BCUT2D eigenvalue weighted by atomic mass is 35.5. The van der Waals surface area contributed by atoms with Crippen LogP contribution in [-0.4, -0.2) is 17.0 Å². The molecule has 0 amide bonds. The second kappa shape index (κ2) is 5.50. The molecule has 0 aromatic heterocycles. The predicted molar refractivity (Wildman–Crippen MR) is 56.4 cm³/mol. The van der Waals surface area contributed by atoms with E-state index < -0.39 is 0 Å². The van der Waals surface area contributed by atoms with Crippen LogP contribution in [0.15, 0.2) is 29.4 Å². The summed E-state index contributed by atoms with van der Waals surface area (Å²) in [6.45, 7) is 2.70. The SMILES string of the molecule is CCCOc1cccc(/C(Cl)=N/O)c1. The molecule has 76 valence electrons. The number of hydrogen-bond donors (Lipinski definition) is 1. The third-order valence-corrected chi connectivity index (χ3v) is 1.93. The maximum atomic E-state index is 8.47. The zero-order valence-electron chi connectivity index (χ0n) is 7.90. The minimum absolute atomic E-state index is 0.0620. The van der Waals surface area contributed by atoms with Crippen LogP contribution < -0.4 is 4.74 Å². The Morgan fingerprint density at radius 2 is 2.36 bits per heavy atom. The van der Waals surface area contributed by atoms with Gasteiger partial charge in [0.25, 0.3) is 0 Å². The maximum Gasteiger partial charge on any atom is 0.175 e. The fraction of sp³-hybridized carbons (Fsp3) is 0.300. The van der Waals surface area contributed by atoms with Gasteiger partial charge in [0.2, 0.25) is 0 Å². The van der Waals surface area contributed by atoms with Gasteiger partial charge in [-0.25, -0.2) is 0 Å². The molecule has 0 heterocycles. The molecule has 1 N–H and O–H groups in total. The molecule has 0 atom stereocenters. The van der Waals surface area contributed by atoms with Gasteiger partial charge in [-0.05, 0) is 18.6 Å². The van der Waals surface area contributed by atoms with Crippen LogP contribution in [0.5, 0.6) is 5.75 Å². The highest BCUT2D eigenvalue weighted by molar-refractivity contribution is 6.69. The standard InChI is InChI=1S/C10H12ClNO2/c1-2-6-14-9-5-3-4-8(7-9)10(11)12-13/h3-5,7,13H,2,6H2,1H3/b12-10-. The normalized spacial score (nSPS) is 11.4. The van der Waals surface area contributed by atoms with Gasteiger partial charge in [0, 0.05) is 5.56 Å². The molecule has 0 aliphatic carbocycles. The molecule has 14 heavy (non-hydrogen) atoms. The lowest BCUT2D eigenvalue weighted by atomic mass is 10.2. The molecule has 0 bridgehead atoms. The van der Waals surface area contributed by atoms with Crippen molar-refractivity contribution < 1.29 is 9.94 Å². The number of nitrogens with zero attached hydrogens (tertiary/aromatic N) is 1. The van der Waals surface area contributed by atoms with E-state index in [2.05, 4.69) is 5.16 Å². The van der Waals surface area contributed by atoms with Gasteiger partial charge in [0.05, 0.1) is 6.61 Å². The van der Waals surface area contributed by atoms with Gasteiger partial charge >= 0.3 is 0 Å². The first-order valence-electron chi connectivity index (χ1n) is 4.38. The smallest absolute Gasteiger partial charge is 0.175 e. The Morgan fingerprint density at radius 1 is 1.57 bits per heavy atom. The van der Waals surface area contributed by atoms with Crippen molar-refractivity contribution in [2.24, 2.45) is 5.16 Å². The Morgan fingerprint density at radius 3 is 3.00 bits per heavy atom. The summed E-state index contributed by atoms with van der Waals surface area (Å²) in [5.41, 5.74) is 0.641. The highest BCUT2D eigenvalue weighted by Gasteiger charge is 2.01. The van der Waals surface area contributed by atoms with E-state index in [1.165, 1.54) is 0 Å². The van der Waals surface area contributed by atoms with Gasteiger partial charge in [-0.1, -0.05) is 35.8 Å². The molecule has 0 saturated heterocycles. The van der Waals surface area contributed by atoms with Crippen LogP contribution in [-0.2, 0) is 0 Å². The molecule has 1 aromatic rings. The summed E-state index contributed by atoms with van der Waals surface area (Å²) >= 11 is 5.64. The second-order valence-corrected chi connectivity index (χ2v) is 3.13. The van der Waals surface area contributed by atoms with Gasteiger partial charge in [-0.2, -0.15) is 0 Å². The molecule has 3 nitrogen and oxygen atoms in total. The van der Waals surface area contributed by atoms with E-state index in [0.29, 0.717) is 12.2 Å². The lowest BCUT2D eigenvalue weighted by Crippen LogP contribution is -1.97. The van der Waals surface area contributed by atoms with Crippen LogP contribution in [0, 0.1) is 0 Å². The molecular formula is C10H12ClNO2. The molecular weight excluding hydrogens is 202 g/mol. The van der Waals surface area contributed by atoms with Crippen molar-refractivity contribution in [3.8, 4) is 5.75 Å². The fourth-order valence-corrected chi connectivity index (χ4v) is 1.11. The lowest BCUT2D eigenvalue weighted by Gasteiger charge is -2.05. The number of oxime groups is 1. The Balaban J connectivity index is 2.79. The molecule has 0 fully saturated rings. The van der Waals surface area contributed by atoms with E-state index in [-0.39, 0.29) is 5.17 Å². The Bertz CT molecular complexity index is 326. The van der Waals surface area contributed by atoms with E-state index in [0.717, 1.165) is 12.2 Å². The first kappa shape index (κ1) is 10.9. The summed E-state index contributed by atoms with van der Waals surface area (Å²) in [5.74, 6) is 0.728. The summed E-state index contributed by atoms with van der Waals surface area (Å²) in [5, 5.41) is 11.4. The Hall–Kier alpha value is -1.22. The van der Waals surface area contributed by atoms with Crippen molar-refractivity contribution >= 4 is 16.8 Å². The van der Waals surface area contributed by atoms with Crippen molar-refractivity contribution in [2.45, 2.75) is 13.3 Å². The summed E-state index contributed by atoms with van der Waals surface area (Å²) in [7, 11) is 0. The van der Waals surface area contributed by atoms with Crippen LogP contribution in [0.4, 0.5) is 0 Å². The summed E-state index contributed by atoms with van der Waals surface area (Å²) in [4.78, 5) is 0. The van der Waals surface area contributed by atoms with Crippen LogP contribution >= 0.6 is 11.6 Å². The van der Waals surface area contributed by atoms with Gasteiger partial charge in [0.15, 0.2) is 5.17 Å². The molecule has 1 rings (SSSR count). The number of benzene rings is 1. The zero-order valence-corrected chi connectivity index (χ0v) is 8.66. The molecule has 0 aliphatic rings. The molecule has 0 saturated carbocycles. The van der Waals surface area contributed by atoms with Gasteiger partial charge in [-0.3, -0.25) is 0 Å². The fourth-order valence-electron chi connectivity index (χ4n) is 0.992. The molecule has 0 spiro atoms. The summed E-state index contributed by atoms with van der Waals surface area (Å²) < 4.78 is 5.40. The first-order chi connectivity index (χ1) is 6.77. The summed E-state index contributed by atoms with van der Waals surface area (Å²) in [6, 6.07) is 7.12. The summed E-state index contributed by atoms with van der Waals surface area (Å²) in [6.07, 6.45) is 0.950. The quantitative estimate of drug-likeness (QED) is 0.475. The largest absolute Gasteiger partial charge is 0.494 e. The predicted octanol–water partition coefficient (Wildman–Crippen LogP) is 2.85. The molecule has 4 heteroatoms. The maximum absolute atomic E-state index is 8.47. The first-order valence-corrected chi connectivity index (χ1v) is 4.76. The van der Waals surface area contributed by atoms with Crippen molar-refractivity contribution in [3.05, 3.63) is 29.8 Å². The number of rotatable bonds is 4. The third-order valence-electron chi connectivity index (χ3n) is 1.63. The number of ether oxygens (including phenoxy) is 1. The lowest BCUT2D eigenvalue weighted by molar-refractivity contribution is 0.317. The highest BCUT2D eigenvalue weighted by Crippen LogP contribution is 2.15. The average molecular weight is 214 g/mol. The van der Waals surface area contributed by atoms with Gasteiger partial charge in [-0.15, -0.1) is 0 Å². The molecule has 0 aliphatic heterocycles. The second-order valence-electron chi connectivity index (χ2n) is 2.77. The molecule has 0 unspecified atom stereocenters. The van der Waals surface area contributed by atoms with Crippen molar-refractivity contribution in [3.63, 3.8) is 0 Å². The topological polar surface area (TPSA) is 41.8 Å². The average Bonchev–Trinajstić information content (AvgIpc) is 2.25. The molecule has 1 aromatic carbocycles. The number of hydrogen-bond acceptors (Lipinski definition) is 3. The van der Waals surface area contributed by atoms with Crippen molar-refractivity contribution in [2.75, 3.05) is 6.61 Å². The van der Waals surface area contributed by atoms with E-state index in [1.54, 1.807) is 18.2 Å². The van der Waals surface area contributed by atoms with Crippen LogP contribution in [0.2, 0.25) is 0 Å². The van der Waals surface area contributed by atoms with Crippen molar-refractivity contribution in [1.82, 2.24) is 0 Å². The molecule has 0 radical (unpaired) electrons. The monoisotopic (exact) mass is 213 g/mol. The van der Waals surface area contributed by atoms with Crippen LogP contribution in [0.1, 0.15) is 18.9 Å². The van der Waals surface area contributed by atoms with Gasteiger partial charge in [0.1, 0.15) is 5.75 Å². The minimum Gasteiger partial charge on any atom is -0.494 e. The van der Waals surface area contributed by atoms with E-state index in [4.69, 9.17) is 21.5 Å². The zero-order chi connectivity index (χ0) is 10.4. The van der Waals surface area contributed by atoms with Crippen molar-refractivity contribution in [1.29, 1.82) is 0 Å². The van der Waals surface area contributed by atoms with Crippen LogP contribution in [0.25, 0.3) is 0 Å². The van der Waals surface area contributed by atoms with E-state index in [1.807, 2.05) is 13.0 Å². The Kier molecular flexibility index (Phi) is 4.26. The minimum atomic E-state index is 0.0620.